The number of amides is 2. The molecule has 2 aliphatic rings. The number of anilines is 2. The van der Waals surface area contributed by atoms with E-state index in [2.05, 4.69) is 11.6 Å². The molecule has 3 rings (SSSR count). The van der Waals surface area contributed by atoms with E-state index in [1.165, 1.54) is 6.08 Å². The van der Waals surface area contributed by atoms with Gasteiger partial charge in [-0.1, -0.05) is 6.58 Å². The number of aromatic nitrogens is 1. The molecule has 6 heteroatoms. The zero-order chi connectivity index (χ0) is 16.0. The molecule has 2 amide bonds. The van der Waals surface area contributed by atoms with Gasteiger partial charge in [-0.05, 0) is 31.1 Å². The smallest absolute Gasteiger partial charge is 0.251 e. The van der Waals surface area contributed by atoms with E-state index in [4.69, 9.17) is 0 Å². The number of piperazine rings is 1. The van der Waals surface area contributed by atoms with Crippen molar-refractivity contribution in [2.45, 2.75) is 19.9 Å². The fraction of sp³-hybridized carbons (Fsp3) is 0.438. The van der Waals surface area contributed by atoms with E-state index in [-0.39, 0.29) is 17.9 Å². The van der Waals surface area contributed by atoms with Crippen molar-refractivity contribution >= 4 is 23.3 Å². The number of hydrogen-bond donors (Lipinski definition) is 0. The van der Waals surface area contributed by atoms with Crippen molar-refractivity contribution in [3.05, 3.63) is 30.0 Å². The molecule has 0 unspecified atom stereocenters. The van der Waals surface area contributed by atoms with Crippen LogP contribution >= 0.6 is 0 Å². The summed E-state index contributed by atoms with van der Waals surface area (Å²) in [7, 11) is 1.78. The Morgan fingerprint density at radius 3 is 2.82 bits per heavy atom. The lowest BCUT2D eigenvalue weighted by Gasteiger charge is -2.46. The van der Waals surface area contributed by atoms with Crippen LogP contribution in [0.25, 0.3) is 0 Å². The van der Waals surface area contributed by atoms with Crippen LogP contribution in [-0.2, 0) is 9.59 Å². The number of rotatable bonds is 1. The summed E-state index contributed by atoms with van der Waals surface area (Å²) in [6, 6.07) is -0.371. The standard InChI is InChI=1S/C16H20N4O2/c1-5-13(21)19-6-7-20-12(9-19)16(22)18(4)14-11(3)10(2)8-17-15(14)20/h5,8,12H,1,6-7,9H2,2-4H3/t12-/m0/s1. The third-order valence-corrected chi connectivity index (χ3v) is 4.63. The van der Waals surface area contributed by atoms with E-state index in [0.717, 1.165) is 22.6 Å². The zero-order valence-electron chi connectivity index (χ0n) is 13.2. The van der Waals surface area contributed by atoms with Gasteiger partial charge in [0.25, 0.3) is 5.91 Å². The topological polar surface area (TPSA) is 56.8 Å². The zero-order valence-corrected chi connectivity index (χ0v) is 13.2. The van der Waals surface area contributed by atoms with Crippen LogP contribution in [0.15, 0.2) is 18.9 Å². The number of pyridine rings is 1. The normalized spacial score (nSPS) is 20.6. The van der Waals surface area contributed by atoms with E-state index < -0.39 is 0 Å². The van der Waals surface area contributed by atoms with Gasteiger partial charge in [0.05, 0.1) is 12.2 Å². The second kappa shape index (κ2) is 5.12. The molecule has 1 fully saturated rings. The van der Waals surface area contributed by atoms with Gasteiger partial charge < -0.3 is 14.7 Å². The molecule has 0 aliphatic carbocycles. The molecule has 3 heterocycles. The summed E-state index contributed by atoms with van der Waals surface area (Å²) in [5, 5.41) is 0. The lowest BCUT2D eigenvalue weighted by molar-refractivity contribution is -0.128. The van der Waals surface area contributed by atoms with Gasteiger partial charge in [-0.25, -0.2) is 4.98 Å². The molecule has 2 aliphatic heterocycles. The van der Waals surface area contributed by atoms with Crippen LogP contribution in [-0.4, -0.2) is 54.4 Å². The fourth-order valence-corrected chi connectivity index (χ4v) is 3.19. The first-order chi connectivity index (χ1) is 10.5. The molecule has 0 N–H and O–H groups in total. The van der Waals surface area contributed by atoms with Crippen molar-refractivity contribution in [2.75, 3.05) is 36.5 Å². The first kappa shape index (κ1) is 14.6. The highest BCUT2D eigenvalue weighted by molar-refractivity contribution is 6.06. The lowest BCUT2D eigenvalue weighted by Crippen LogP contribution is -2.63. The van der Waals surface area contributed by atoms with E-state index in [9.17, 15) is 9.59 Å². The minimum absolute atomic E-state index is 0.00422. The molecule has 0 radical (unpaired) electrons. The van der Waals surface area contributed by atoms with Gasteiger partial charge in [0.2, 0.25) is 5.91 Å². The fourth-order valence-electron chi connectivity index (χ4n) is 3.19. The molecule has 0 spiro atoms. The maximum atomic E-state index is 12.7. The summed E-state index contributed by atoms with van der Waals surface area (Å²) >= 11 is 0. The van der Waals surface area contributed by atoms with Crippen LogP contribution in [0.4, 0.5) is 11.5 Å². The second-order valence-electron chi connectivity index (χ2n) is 5.83. The van der Waals surface area contributed by atoms with Crippen LogP contribution in [0.2, 0.25) is 0 Å². The monoisotopic (exact) mass is 300 g/mol. The van der Waals surface area contributed by atoms with Crippen molar-refractivity contribution in [1.29, 1.82) is 0 Å². The third kappa shape index (κ3) is 1.98. The minimum Gasteiger partial charge on any atom is -0.339 e. The average molecular weight is 300 g/mol. The van der Waals surface area contributed by atoms with Crippen LogP contribution in [0, 0.1) is 13.8 Å². The SMILES string of the molecule is C=CC(=O)N1CCN2c3ncc(C)c(C)c3N(C)C(=O)[C@@H]2C1. The molecule has 0 bridgehead atoms. The van der Waals surface area contributed by atoms with Crippen LogP contribution < -0.4 is 9.80 Å². The molecule has 1 aromatic heterocycles. The number of likely N-dealkylation sites (N-methyl/N-ethyl adjacent to an activating group) is 1. The predicted octanol–water partition coefficient (Wildman–Crippen LogP) is 0.878. The van der Waals surface area contributed by atoms with Crippen LogP contribution in [0.1, 0.15) is 11.1 Å². The largest absolute Gasteiger partial charge is 0.339 e. The summed E-state index contributed by atoms with van der Waals surface area (Å²) in [6.07, 6.45) is 3.14. The molecular weight excluding hydrogens is 280 g/mol. The van der Waals surface area contributed by atoms with Gasteiger partial charge in [-0.2, -0.15) is 0 Å². The summed E-state index contributed by atoms with van der Waals surface area (Å²) in [5.74, 6) is 0.708. The number of carbonyl (C=O) groups is 2. The van der Waals surface area contributed by atoms with Gasteiger partial charge in [-0.15, -0.1) is 0 Å². The van der Waals surface area contributed by atoms with Crippen molar-refractivity contribution in [3.63, 3.8) is 0 Å². The van der Waals surface area contributed by atoms with Gasteiger partial charge in [0.15, 0.2) is 5.82 Å². The molecule has 6 nitrogen and oxygen atoms in total. The quantitative estimate of drug-likeness (QED) is 0.723. The minimum atomic E-state index is -0.371. The van der Waals surface area contributed by atoms with Gasteiger partial charge in [-0.3, -0.25) is 9.59 Å². The Labute approximate surface area is 130 Å². The molecule has 1 atom stereocenters. The van der Waals surface area contributed by atoms with Crippen molar-refractivity contribution in [2.24, 2.45) is 0 Å². The summed E-state index contributed by atoms with van der Waals surface area (Å²) in [5.41, 5.74) is 3.02. The molecule has 116 valence electrons. The third-order valence-electron chi connectivity index (χ3n) is 4.63. The predicted molar refractivity (Wildman–Crippen MR) is 85.0 cm³/mol. The van der Waals surface area contributed by atoms with E-state index in [1.54, 1.807) is 16.8 Å². The molecular formula is C16H20N4O2. The van der Waals surface area contributed by atoms with Crippen LogP contribution in [0.5, 0.6) is 0 Å². The Kier molecular flexibility index (Phi) is 3.39. The molecule has 0 aromatic carbocycles. The van der Waals surface area contributed by atoms with Crippen LogP contribution in [0.3, 0.4) is 0 Å². The average Bonchev–Trinajstić information content (AvgIpc) is 2.54. The Balaban J connectivity index is 2.02. The maximum absolute atomic E-state index is 12.7. The van der Waals surface area contributed by atoms with E-state index in [1.807, 2.05) is 24.9 Å². The number of carbonyl (C=O) groups excluding carboxylic acids is 2. The summed E-state index contributed by atoms with van der Waals surface area (Å²) in [6.45, 7) is 9.08. The molecule has 0 saturated carbocycles. The Hall–Kier alpha value is -2.37. The number of aryl methyl sites for hydroxylation is 1. The highest BCUT2D eigenvalue weighted by atomic mass is 16.2. The van der Waals surface area contributed by atoms with Gasteiger partial charge in [0, 0.05) is 26.3 Å². The first-order valence-corrected chi connectivity index (χ1v) is 7.37. The Bertz CT molecular complexity index is 670. The molecule has 1 aromatic rings. The van der Waals surface area contributed by atoms with Crippen molar-refractivity contribution < 1.29 is 9.59 Å². The Morgan fingerprint density at radius 1 is 1.41 bits per heavy atom. The Morgan fingerprint density at radius 2 is 2.14 bits per heavy atom. The van der Waals surface area contributed by atoms with Gasteiger partial charge >= 0.3 is 0 Å². The lowest BCUT2D eigenvalue weighted by atomic mass is 10.0. The number of fused-ring (bicyclic) bond motifs is 3. The molecule has 1 saturated heterocycles. The van der Waals surface area contributed by atoms with Crippen molar-refractivity contribution in [1.82, 2.24) is 9.88 Å². The highest BCUT2D eigenvalue weighted by Gasteiger charge is 2.42. The molecule has 22 heavy (non-hydrogen) atoms. The number of nitrogens with zero attached hydrogens (tertiary/aromatic N) is 4. The first-order valence-electron chi connectivity index (χ1n) is 7.37. The number of hydrogen-bond acceptors (Lipinski definition) is 4. The van der Waals surface area contributed by atoms with Crippen molar-refractivity contribution in [3.8, 4) is 0 Å². The summed E-state index contributed by atoms with van der Waals surface area (Å²) in [4.78, 5) is 34.5. The van der Waals surface area contributed by atoms with E-state index in [0.29, 0.717) is 19.6 Å². The highest BCUT2D eigenvalue weighted by Crippen LogP contribution is 2.38. The van der Waals surface area contributed by atoms with E-state index >= 15 is 0 Å². The van der Waals surface area contributed by atoms with Gasteiger partial charge in [0.1, 0.15) is 6.04 Å². The maximum Gasteiger partial charge on any atom is 0.251 e. The second-order valence-corrected chi connectivity index (χ2v) is 5.83. The summed E-state index contributed by atoms with van der Waals surface area (Å²) < 4.78 is 0.